The minimum atomic E-state index is -0.263. The van der Waals surface area contributed by atoms with Gasteiger partial charge in [-0.1, -0.05) is 26.0 Å². The van der Waals surface area contributed by atoms with E-state index in [0.717, 1.165) is 12.8 Å². The van der Waals surface area contributed by atoms with E-state index in [2.05, 4.69) is 27.4 Å². The van der Waals surface area contributed by atoms with Crippen LogP contribution in [0, 0.1) is 34.5 Å². The quantitative estimate of drug-likeness (QED) is 0.537. The number of allylic oxidation sites excluding steroid dienone is 1. The second-order valence-corrected chi connectivity index (χ2v) is 9.65. The second-order valence-electron chi connectivity index (χ2n) is 9.65. The Morgan fingerprint density at radius 2 is 1.72 bits per heavy atom. The van der Waals surface area contributed by atoms with E-state index in [1.165, 1.54) is 38.2 Å². The number of Topliss-reactive ketones (excluding diaryl/α,β-unsaturated/α-hetero) is 1. The molecule has 0 N–H and O–H groups in total. The average molecular weight is 347 g/mol. The molecule has 25 heavy (non-hydrogen) atoms. The van der Waals surface area contributed by atoms with Crippen molar-refractivity contribution in [2.75, 3.05) is 0 Å². The van der Waals surface area contributed by atoms with Gasteiger partial charge in [-0.2, -0.15) is 0 Å². The van der Waals surface area contributed by atoms with Gasteiger partial charge in [-0.15, -0.1) is 0 Å². The van der Waals surface area contributed by atoms with Crippen molar-refractivity contribution in [3.8, 4) is 0 Å². The number of fused-ring (bicyclic) bond motifs is 3. The first kappa shape index (κ1) is 18.7. The van der Waals surface area contributed by atoms with Crippen molar-refractivity contribution in [2.24, 2.45) is 34.5 Å². The summed E-state index contributed by atoms with van der Waals surface area (Å²) in [5.74, 6) is 1.64. The lowest BCUT2D eigenvalue weighted by molar-refractivity contribution is -0.170. The number of hydrogen-bond donors (Lipinski definition) is 0. The maximum absolute atomic E-state index is 12.3. The summed E-state index contributed by atoms with van der Waals surface area (Å²) in [6, 6.07) is 0. The molecule has 0 aliphatic heterocycles. The Morgan fingerprint density at radius 3 is 2.28 bits per heavy atom. The standard InChI is InChI=1S/C22H34O3/c1-13(2)16-7-10-22(6)18(16)8-9-21(5)12-19(25-15(4)24)17(14(3)23)11-20(21)22/h16-20H,1,7-12H2,2-6H3. The molecule has 0 spiro atoms. The van der Waals surface area contributed by atoms with Crippen molar-refractivity contribution < 1.29 is 14.3 Å². The third kappa shape index (κ3) is 2.98. The summed E-state index contributed by atoms with van der Waals surface area (Å²) in [5.41, 5.74) is 1.78. The topological polar surface area (TPSA) is 43.4 Å². The first-order valence-electron chi connectivity index (χ1n) is 9.91. The van der Waals surface area contributed by atoms with Gasteiger partial charge in [0.15, 0.2) is 0 Å². The molecular formula is C22H34O3. The van der Waals surface area contributed by atoms with Crippen LogP contribution in [0.3, 0.4) is 0 Å². The van der Waals surface area contributed by atoms with Gasteiger partial charge in [-0.25, -0.2) is 0 Å². The van der Waals surface area contributed by atoms with Crippen molar-refractivity contribution in [2.45, 2.75) is 79.2 Å². The Labute approximate surface area is 152 Å². The highest BCUT2D eigenvalue weighted by Crippen LogP contribution is 2.67. The third-order valence-corrected chi connectivity index (χ3v) is 8.07. The van der Waals surface area contributed by atoms with Crippen LogP contribution in [-0.4, -0.2) is 17.9 Å². The molecule has 0 saturated heterocycles. The SMILES string of the molecule is C=C(C)C1CCC2(C)C1CCC1(C)CC(OC(C)=O)C(C(C)=O)CC12. The second kappa shape index (κ2) is 6.25. The zero-order chi connectivity index (χ0) is 18.6. The van der Waals surface area contributed by atoms with E-state index in [0.29, 0.717) is 17.8 Å². The molecule has 7 atom stereocenters. The fourth-order valence-corrected chi connectivity index (χ4v) is 6.89. The molecule has 3 aliphatic carbocycles. The van der Waals surface area contributed by atoms with E-state index < -0.39 is 0 Å². The van der Waals surface area contributed by atoms with Crippen molar-refractivity contribution in [1.82, 2.24) is 0 Å². The maximum atomic E-state index is 12.3. The number of hydrogen-bond acceptors (Lipinski definition) is 3. The van der Waals surface area contributed by atoms with Crippen LogP contribution >= 0.6 is 0 Å². The molecule has 0 heterocycles. The minimum absolute atomic E-state index is 0.138. The van der Waals surface area contributed by atoms with Crippen molar-refractivity contribution >= 4 is 11.8 Å². The summed E-state index contributed by atoms with van der Waals surface area (Å²) in [6.45, 7) is 14.4. The van der Waals surface area contributed by atoms with E-state index >= 15 is 0 Å². The van der Waals surface area contributed by atoms with Crippen LogP contribution < -0.4 is 0 Å². The smallest absolute Gasteiger partial charge is 0.302 e. The maximum Gasteiger partial charge on any atom is 0.302 e. The molecule has 3 rings (SSSR count). The van der Waals surface area contributed by atoms with Gasteiger partial charge in [0.1, 0.15) is 11.9 Å². The molecule has 0 amide bonds. The van der Waals surface area contributed by atoms with Crippen LogP contribution in [0.15, 0.2) is 12.2 Å². The Balaban J connectivity index is 1.92. The largest absolute Gasteiger partial charge is 0.462 e. The Bertz CT molecular complexity index is 594. The lowest BCUT2D eigenvalue weighted by atomic mass is 9.46. The summed E-state index contributed by atoms with van der Waals surface area (Å²) in [5, 5.41) is 0. The summed E-state index contributed by atoms with van der Waals surface area (Å²) in [6.07, 6.45) is 6.35. The third-order valence-electron chi connectivity index (χ3n) is 8.07. The summed E-state index contributed by atoms with van der Waals surface area (Å²) >= 11 is 0. The molecule has 7 unspecified atom stereocenters. The molecule has 0 aromatic carbocycles. The average Bonchev–Trinajstić information content (AvgIpc) is 2.82. The molecule has 3 aliphatic rings. The molecule has 0 radical (unpaired) electrons. The van der Waals surface area contributed by atoms with Crippen molar-refractivity contribution in [3.05, 3.63) is 12.2 Å². The number of esters is 1. The molecule has 0 bridgehead atoms. The zero-order valence-electron chi connectivity index (χ0n) is 16.6. The summed E-state index contributed by atoms with van der Waals surface area (Å²) in [4.78, 5) is 23.9. The minimum Gasteiger partial charge on any atom is -0.462 e. The monoisotopic (exact) mass is 346 g/mol. The fourth-order valence-electron chi connectivity index (χ4n) is 6.89. The highest BCUT2D eigenvalue weighted by atomic mass is 16.5. The van der Waals surface area contributed by atoms with Gasteiger partial charge in [-0.3, -0.25) is 9.59 Å². The van der Waals surface area contributed by atoms with Gasteiger partial charge in [0.2, 0.25) is 0 Å². The first-order chi connectivity index (χ1) is 11.6. The predicted molar refractivity (Wildman–Crippen MR) is 98.9 cm³/mol. The van der Waals surface area contributed by atoms with Crippen molar-refractivity contribution in [1.29, 1.82) is 0 Å². The molecule has 140 valence electrons. The molecule has 3 heteroatoms. The van der Waals surface area contributed by atoms with Crippen LogP contribution in [0.25, 0.3) is 0 Å². The molecule has 0 aromatic heterocycles. The van der Waals surface area contributed by atoms with E-state index in [-0.39, 0.29) is 34.6 Å². The van der Waals surface area contributed by atoms with E-state index in [1.807, 2.05) is 0 Å². The zero-order valence-corrected chi connectivity index (χ0v) is 16.6. The number of ether oxygens (including phenoxy) is 1. The van der Waals surface area contributed by atoms with Crippen LogP contribution in [0.5, 0.6) is 0 Å². The number of ketones is 1. The van der Waals surface area contributed by atoms with Crippen LogP contribution in [0.4, 0.5) is 0 Å². The summed E-state index contributed by atoms with van der Waals surface area (Å²) in [7, 11) is 0. The molecular weight excluding hydrogens is 312 g/mol. The predicted octanol–water partition coefficient (Wildman–Crippen LogP) is 4.94. The van der Waals surface area contributed by atoms with Crippen LogP contribution in [-0.2, 0) is 14.3 Å². The van der Waals surface area contributed by atoms with E-state index in [4.69, 9.17) is 4.74 Å². The molecule has 3 fully saturated rings. The first-order valence-corrected chi connectivity index (χ1v) is 9.91. The highest BCUT2D eigenvalue weighted by Gasteiger charge is 2.61. The van der Waals surface area contributed by atoms with Gasteiger partial charge >= 0.3 is 5.97 Å². The van der Waals surface area contributed by atoms with Gasteiger partial charge < -0.3 is 4.74 Å². The van der Waals surface area contributed by atoms with Gasteiger partial charge in [0.05, 0.1) is 5.92 Å². The lowest BCUT2D eigenvalue weighted by Gasteiger charge is -2.59. The Morgan fingerprint density at radius 1 is 1.04 bits per heavy atom. The number of carbonyl (C=O) groups excluding carboxylic acids is 2. The van der Waals surface area contributed by atoms with Crippen LogP contribution in [0.2, 0.25) is 0 Å². The van der Waals surface area contributed by atoms with Crippen molar-refractivity contribution in [3.63, 3.8) is 0 Å². The summed E-state index contributed by atoms with van der Waals surface area (Å²) < 4.78 is 5.61. The van der Waals surface area contributed by atoms with Gasteiger partial charge in [-0.05, 0) is 81.0 Å². The Kier molecular flexibility index (Phi) is 4.66. The van der Waals surface area contributed by atoms with E-state index in [1.54, 1.807) is 6.92 Å². The molecule has 3 saturated carbocycles. The van der Waals surface area contributed by atoms with Gasteiger partial charge in [0, 0.05) is 6.92 Å². The molecule has 3 nitrogen and oxygen atoms in total. The fraction of sp³-hybridized carbons (Fsp3) is 0.818. The van der Waals surface area contributed by atoms with Gasteiger partial charge in [0.25, 0.3) is 0 Å². The lowest BCUT2D eigenvalue weighted by Crippen LogP contribution is -2.55. The number of rotatable bonds is 3. The normalized spacial score (nSPS) is 46.0. The molecule has 0 aromatic rings. The number of carbonyl (C=O) groups is 2. The Hall–Kier alpha value is -1.12. The van der Waals surface area contributed by atoms with E-state index in [9.17, 15) is 9.59 Å². The highest BCUT2D eigenvalue weighted by molar-refractivity contribution is 5.79. The van der Waals surface area contributed by atoms with Crippen LogP contribution in [0.1, 0.15) is 73.1 Å².